The molecule has 0 radical (unpaired) electrons. The van der Waals surface area contributed by atoms with Crippen LogP contribution in [0.1, 0.15) is 6.92 Å². The molecule has 2 atom stereocenters. The van der Waals surface area contributed by atoms with Crippen LogP contribution in [0.3, 0.4) is 0 Å². The molecule has 0 aliphatic carbocycles. The fourth-order valence-corrected chi connectivity index (χ4v) is 4.57. The molecular weight excluding hydrogens is 420 g/mol. The Morgan fingerprint density at radius 3 is 2.00 bits per heavy atom. The molecular formula is C13H17N3Na2O7S2. The number of carbonyl (C=O) groups is 1. The van der Waals surface area contributed by atoms with Crippen molar-refractivity contribution in [1.29, 1.82) is 0 Å². The number of hydrogen-bond acceptors (Lipinski definition) is 9. The molecule has 1 aliphatic heterocycles. The van der Waals surface area contributed by atoms with Crippen LogP contribution in [-0.4, -0.2) is 72.6 Å². The molecule has 0 saturated carbocycles. The van der Waals surface area contributed by atoms with E-state index >= 15 is 0 Å². The van der Waals surface area contributed by atoms with Crippen molar-refractivity contribution < 1.29 is 89.9 Å². The number of nitrogens with zero attached hydrogens (tertiary/aromatic N) is 3. The van der Waals surface area contributed by atoms with Gasteiger partial charge in [-0.05, 0) is 26.1 Å². The van der Waals surface area contributed by atoms with Crippen LogP contribution >= 0.6 is 0 Å². The van der Waals surface area contributed by atoms with E-state index in [4.69, 9.17) is 0 Å². The monoisotopic (exact) mass is 437 g/mol. The summed E-state index contributed by atoms with van der Waals surface area (Å²) in [5.41, 5.74) is 0.297. The SMILES string of the molecule is CN(CS(=O)(=O)[O-])C1C(=O)N(c2ccccc2)N(C)C1(C)S(=O)(=O)[O-].[Na+].[Na+]. The zero-order chi connectivity index (χ0) is 19.2. The van der Waals surface area contributed by atoms with Gasteiger partial charge in [-0.15, -0.1) is 0 Å². The molecule has 1 fully saturated rings. The molecule has 0 aromatic heterocycles. The minimum atomic E-state index is -5.10. The van der Waals surface area contributed by atoms with Gasteiger partial charge in [0.2, 0.25) is 0 Å². The van der Waals surface area contributed by atoms with E-state index in [1.165, 1.54) is 19.2 Å². The molecule has 0 spiro atoms. The van der Waals surface area contributed by atoms with Gasteiger partial charge >= 0.3 is 59.1 Å². The predicted octanol–water partition coefficient (Wildman–Crippen LogP) is -7.05. The maximum atomic E-state index is 12.8. The van der Waals surface area contributed by atoms with Gasteiger partial charge in [0.25, 0.3) is 5.91 Å². The van der Waals surface area contributed by atoms with Crippen LogP contribution in [0, 0.1) is 0 Å². The van der Waals surface area contributed by atoms with Gasteiger partial charge in [0.15, 0.2) is 4.87 Å². The second kappa shape index (κ2) is 9.49. The number of rotatable bonds is 5. The summed E-state index contributed by atoms with van der Waals surface area (Å²) in [5.74, 6) is -1.95. The first-order valence-corrected chi connectivity index (χ1v) is 10.0. The molecule has 1 heterocycles. The molecule has 1 amide bonds. The number of amides is 1. The van der Waals surface area contributed by atoms with Crippen molar-refractivity contribution in [1.82, 2.24) is 9.91 Å². The van der Waals surface area contributed by atoms with Crippen LogP contribution in [0.15, 0.2) is 30.3 Å². The number of anilines is 1. The summed E-state index contributed by atoms with van der Waals surface area (Å²) in [4.78, 5) is 11.3. The Labute approximate surface area is 202 Å². The minimum Gasteiger partial charge on any atom is -0.747 e. The number of benzene rings is 1. The quantitative estimate of drug-likeness (QED) is 0.324. The largest absolute Gasteiger partial charge is 1.00 e. The van der Waals surface area contributed by atoms with E-state index < -0.39 is 42.9 Å². The summed E-state index contributed by atoms with van der Waals surface area (Å²) >= 11 is 0. The normalized spacial score (nSPS) is 23.9. The maximum Gasteiger partial charge on any atom is 1.00 e. The minimum absolute atomic E-state index is 0. The maximum absolute atomic E-state index is 12.8. The van der Waals surface area contributed by atoms with Crippen molar-refractivity contribution in [2.24, 2.45) is 0 Å². The summed E-state index contributed by atoms with van der Waals surface area (Å²) in [6.45, 7) is 1.02. The van der Waals surface area contributed by atoms with Gasteiger partial charge in [0, 0.05) is 7.05 Å². The Balaban J connectivity index is 0.00000338. The van der Waals surface area contributed by atoms with E-state index in [0.717, 1.165) is 28.9 Å². The molecule has 2 unspecified atom stereocenters. The number of likely N-dealkylation sites (N-methyl/N-ethyl adjacent to an activating group) is 2. The van der Waals surface area contributed by atoms with Gasteiger partial charge in [-0.3, -0.25) is 9.69 Å². The van der Waals surface area contributed by atoms with Gasteiger partial charge in [-0.1, -0.05) is 18.2 Å². The number of para-hydroxylation sites is 1. The summed E-state index contributed by atoms with van der Waals surface area (Å²) < 4.78 is 68.9. The Morgan fingerprint density at radius 2 is 1.59 bits per heavy atom. The number of hydrogen-bond donors (Lipinski definition) is 0. The van der Waals surface area contributed by atoms with Crippen molar-refractivity contribution in [3.63, 3.8) is 0 Å². The van der Waals surface area contributed by atoms with Gasteiger partial charge < -0.3 is 9.11 Å². The van der Waals surface area contributed by atoms with E-state index in [9.17, 15) is 30.7 Å². The smallest absolute Gasteiger partial charge is 0.747 e. The standard InChI is InChI=1S/C13H19N3O7S2.2Na/c1-13(25(21,22)23)11(14(2)9-24(18,19)20)12(17)16(15(13)3)10-7-5-4-6-8-10;;/h4-8,11H,9H2,1-3H3,(H,18,19,20)(H,21,22,23);;/q;2*+1/p-2. The van der Waals surface area contributed by atoms with Crippen molar-refractivity contribution >= 4 is 31.8 Å². The Morgan fingerprint density at radius 1 is 1.11 bits per heavy atom. The van der Waals surface area contributed by atoms with Crippen LogP contribution in [0.2, 0.25) is 0 Å². The first-order chi connectivity index (χ1) is 11.3. The van der Waals surface area contributed by atoms with Gasteiger partial charge in [-0.2, -0.15) is 5.01 Å². The third-order valence-corrected chi connectivity index (χ3v) is 6.43. The molecule has 1 aliphatic rings. The molecule has 14 heteroatoms. The average molecular weight is 437 g/mol. The van der Waals surface area contributed by atoms with E-state index in [1.807, 2.05) is 0 Å². The van der Waals surface area contributed by atoms with Gasteiger partial charge in [0.05, 0.1) is 11.6 Å². The predicted molar refractivity (Wildman–Crippen MR) is 85.9 cm³/mol. The molecule has 1 saturated heterocycles. The summed E-state index contributed by atoms with van der Waals surface area (Å²) in [7, 11) is -7.55. The van der Waals surface area contributed by atoms with E-state index in [0.29, 0.717) is 5.69 Å². The van der Waals surface area contributed by atoms with E-state index in [-0.39, 0.29) is 59.1 Å². The average Bonchev–Trinajstić information content (AvgIpc) is 2.65. The van der Waals surface area contributed by atoms with Crippen molar-refractivity contribution in [2.45, 2.75) is 17.8 Å². The van der Waals surface area contributed by atoms with Crippen molar-refractivity contribution in [3.8, 4) is 0 Å². The van der Waals surface area contributed by atoms with Gasteiger partial charge in [-0.25, -0.2) is 21.8 Å². The second-order valence-electron chi connectivity index (χ2n) is 5.86. The fourth-order valence-electron chi connectivity index (χ4n) is 2.96. The van der Waals surface area contributed by atoms with Crippen LogP contribution < -0.4 is 64.1 Å². The topological polar surface area (TPSA) is 141 Å². The van der Waals surface area contributed by atoms with Crippen molar-refractivity contribution in [2.75, 3.05) is 25.0 Å². The molecule has 140 valence electrons. The molecule has 0 N–H and O–H groups in total. The Bertz CT molecular complexity index is 882. The number of carbonyl (C=O) groups excluding carboxylic acids is 1. The molecule has 0 bridgehead atoms. The van der Waals surface area contributed by atoms with Crippen LogP contribution in [0.4, 0.5) is 5.69 Å². The zero-order valence-electron chi connectivity index (χ0n) is 15.7. The van der Waals surface area contributed by atoms with E-state index in [1.54, 1.807) is 18.2 Å². The third-order valence-electron chi connectivity index (χ3n) is 4.20. The first kappa shape index (κ1) is 27.4. The summed E-state index contributed by atoms with van der Waals surface area (Å²) in [6, 6.07) is 6.28. The fraction of sp³-hybridized carbons (Fsp3) is 0.462. The molecule has 27 heavy (non-hydrogen) atoms. The Kier molecular flexibility index (Phi) is 9.65. The molecule has 1 aromatic carbocycles. The second-order valence-corrected chi connectivity index (χ2v) is 8.97. The van der Waals surface area contributed by atoms with Crippen LogP contribution in [0.5, 0.6) is 0 Å². The van der Waals surface area contributed by atoms with E-state index in [2.05, 4.69) is 0 Å². The molecule has 1 aromatic rings. The van der Waals surface area contributed by atoms with Crippen LogP contribution in [0.25, 0.3) is 0 Å². The van der Waals surface area contributed by atoms with Crippen LogP contribution in [-0.2, 0) is 25.0 Å². The summed E-state index contributed by atoms with van der Waals surface area (Å²) in [6.07, 6.45) is 0. The number of hydrazine groups is 1. The summed E-state index contributed by atoms with van der Waals surface area (Å²) in [5, 5.41) is 1.93. The zero-order valence-corrected chi connectivity index (χ0v) is 21.3. The molecule has 2 rings (SSSR count). The third kappa shape index (κ3) is 5.32. The molecule has 10 nitrogen and oxygen atoms in total. The van der Waals surface area contributed by atoms with Gasteiger partial charge in [0.1, 0.15) is 26.3 Å². The van der Waals surface area contributed by atoms with Crippen molar-refractivity contribution in [3.05, 3.63) is 30.3 Å². The first-order valence-electron chi connectivity index (χ1n) is 7.02. The Hall–Kier alpha value is 0.430.